The molecule has 3 amide bonds. The van der Waals surface area contributed by atoms with Crippen molar-refractivity contribution >= 4 is 18.1 Å². The minimum atomic E-state index is -0.558. The Bertz CT molecular complexity index is 496. The van der Waals surface area contributed by atoms with Crippen molar-refractivity contribution in [2.75, 3.05) is 39.7 Å². The molecule has 0 aliphatic carbocycles. The molecule has 0 aliphatic rings. The van der Waals surface area contributed by atoms with Crippen LogP contribution in [0.1, 0.15) is 6.42 Å². The fourth-order valence-electron chi connectivity index (χ4n) is 1.81. The molecule has 22 heavy (non-hydrogen) atoms. The van der Waals surface area contributed by atoms with Crippen molar-refractivity contribution in [2.24, 2.45) is 5.73 Å². The molecule has 1 aromatic carbocycles. The van der Waals surface area contributed by atoms with Crippen molar-refractivity contribution in [3.05, 3.63) is 12.1 Å². The number of benzene rings is 1. The number of hydrogen-bond donors (Lipinski definition) is 2. The van der Waals surface area contributed by atoms with E-state index in [2.05, 4.69) is 5.32 Å². The van der Waals surface area contributed by atoms with Gasteiger partial charge >= 0.3 is 6.03 Å². The molecule has 0 aliphatic heterocycles. The monoisotopic (exact) mass is 311 g/mol. The average Bonchev–Trinajstić information content (AvgIpc) is 2.54. The summed E-state index contributed by atoms with van der Waals surface area (Å²) < 4.78 is 15.6. The molecule has 8 heteroatoms. The third-order valence-electron chi connectivity index (χ3n) is 2.91. The molecule has 0 fully saturated rings. The van der Waals surface area contributed by atoms with Crippen molar-refractivity contribution in [3.63, 3.8) is 0 Å². The Balaban J connectivity index is 2.97. The average molecular weight is 311 g/mol. The highest BCUT2D eigenvalue weighted by atomic mass is 16.5. The van der Waals surface area contributed by atoms with Crippen LogP contribution < -0.4 is 25.3 Å². The number of ether oxygens (including phenoxy) is 3. The summed E-state index contributed by atoms with van der Waals surface area (Å²) in [5, 5.41) is 2.60. The summed E-state index contributed by atoms with van der Waals surface area (Å²) in [4.78, 5) is 24.0. The van der Waals surface area contributed by atoms with Crippen molar-refractivity contribution in [2.45, 2.75) is 6.42 Å². The highest BCUT2D eigenvalue weighted by Crippen LogP contribution is 2.39. The Hall–Kier alpha value is -2.48. The van der Waals surface area contributed by atoms with E-state index in [1.165, 1.54) is 21.3 Å². The van der Waals surface area contributed by atoms with Gasteiger partial charge in [-0.2, -0.15) is 0 Å². The summed E-state index contributed by atoms with van der Waals surface area (Å²) in [6, 6.07) is 2.59. The molecule has 0 atom stereocenters. The van der Waals surface area contributed by atoms with Crippen LogP contribution in [0.25, 0.3) is 0 Å². The van der Waals surface area contributed by atoms with E-state index in [-0.39, 0.29) is 6.54 Å². The maximum Gasteiger partial charge on any atom is 0.328 e. The molecule has 1 aromatic rings. The number of carbonyl (C=O) groups excluding carboxylic acids is 2. The molecule has 0 saturated carbocycles. The van der Waals surface area contributed by atoms with Gasteiger partial charge in [-0.05, 0) is 13.0 Å². The summed E-state index contributed by atoms with van der Waals surface area (Å²) in [5.41, 5.74) is 5.79. The maximum atomic E-state index is 12.0. The number of hydrogen-bond acceptors (Lipinski definition) is 6. The first-order chi connectivity index (χ1) is 10.6. The molecule has 8 nitrogen and oxygen atoms in total. The first-order valence-corrected chi connectivity index (χ1v) is 6.64. The van der Waals surface area contributed by atoms with E-state index in [0.29, 0.717) is 42.3 Å². The predicted molar refractivity (Wildman–Crippen MR) is 81.6 cm³/mol. The maximum absolute atomic E-state index is 12.0. The topological polar surface area (TPSA) is 103 Å². The van der Waals surface area contributed by atoms with E-state index < -0.39 is 6.03 Å². The van der Waals surface area contributed by atoms with E-state index in [0.717, 1.165) is 4.90 Å². The molecule has 0 bridgehead atoms. The summed E-state index contributed by atoms with van der Waals surface area (Å²) in [6.07, 6.45) is 0.990. The number of methoxy groups -OCH3 is 3. The highest BCUT2D eigenvalue weighted by molar-refractivity contribution is 5.96. The molecular formula is C14H21N3O5. The number of nitrogens with one attached hydrogen (secondary N) is 1. The lowest BCUT2D eigenvalue weighted by Crippen LogP contribution is -2.35. The fourth-order valence-corrected chi connectivity index (χ4v) is 1.81. The Morgan fingerprint density at radius 1 is 1.23 bits per heavy atom. The van der Waals surface area contributed by atoms with E-state index >= 15 is 0 Å². The molecule has 3 N–H and O–H groups in total. The Labute approximate surface area is 129 Å². The normalized spacial score (nSPS) is 9.82. The van der Waals surface area contributed by atoms with Gasteiger partial charge in [-0.1, -0.05) is 0 Å². The lowest BCUT2D eigenvalue weighted by atomic mass is 10.2. The van der Waals surface area contributed by atoms with Crippen LogP contribution in [0, 0.1) is 0 Å². The van der Waals surface area contributed by atoms with Gasteiger partial charge in [0.25, 0.3) is 0 Å². The summed E-state index contributed by atoms with van der Waals surface area (Å²) >= 11 is 0. The van der Waals surface area contributed by atoms with Gasteiger partial charge < -0.3 is 25.3 Å². The second kappa shape index (κ2) is 8.73. The third-order valence-corrected chi connectivity index (χ3v) is 2.91. The molecular weight excluding hydrogens is 290 g/mol. The zero-order chi connectivity index (χ0) is 16.5. The summed E-state index contributed by atoms with van der Waals surface area (Å²) in [7, 11) is 4.43. The molecule has 1 rings (SSSR count). The minimum Gasteiger partial charge on any atom is -0.493 e. The van der Waals surface area contributed by atoms with E-state index in [4.69, 9.17) is 19.9 Å². The van der Waals surface area contributed by atoms with Crippen LogP contribution in [0.2, 0.25) is 0 Å². The van der Waals surface area contributed by atoms with Crippen LogP contribution in [0.3, 0.4) is 0 Å². The van der Waals surface area contributed by atoms with Crippen LogP contribution >= 0.6 is 0 Å². The number of urea groups is 1. The lowest BCUT2D eigenvalue weighted by molar-refractivity contribution is -0.115. The summed E-state index contributed by atoms with van der Waals surface area (Å²) in [6.45, 7) is 0.637. The standard InChI is InChI=1S/C14H21N3O5/c1-20-11-7-10(8-12(21-2)13(11)22-3)16-14(19)17(9-18)6-4-5-15/h7-9H,4-6,15H2,1-3H3,(H,16,19). The van der Waals surface area contributed by atoms with E-state index in [1.54, 1.807) is 12.1 Å². The first-order valence-electron chi connectivity index (χ1n) is 6.64. The zero-order valence-corrected chi connectivity index (χ0v) is 12.9. The minimum absolute atomic E-state index is 0.246. The SMILES string of the molecule is COc1cc(NC(=O)N(C=O)CCCN)cc(OC)c1OC. The molecule has 0 spiro atoms. The molecule has 122 valence electrons. The molecule has 0 unspecified atom stereocenters. The second-order valence-electron chi connectivity index (χ2n) is 4.29. The van der Waals surface area contributed by atoms with Gasteiger partial charge in [-0.15, -0.1) is 0 Å². The number of imide groups is 1. The van der Waals surface area contributed by atoms with E-state index in [9.17, 15) is 9.59 Å². The summed E-state index contributed by atoms with van der Waals surface area (Å²) in [5.74, 6) is 1.21. The number of nitrogens with zero attached hydrogens (tertiary/aromatic N) is 1. The largest absolute Gasteiger partial charge is 0.493 e. The van der Waals surface area contributed by atoms with Gasteiger partial charge in [-0.3, -0.25) is 9.69 Å². The number of nitrogens with two attached hydrogens (primary N) is 1. The first kappa shape index (κ1) is 17.6. The van der Waals surface area contributed by atoms with Gasteiger partial charge in [0.1, 0.15) is 0 Å². The van der Waals surface area contributed by atoms with E-state index in [1.807, 2.05) is 0 Å². The van der Waals surface area contributed by atoms with Crippen LogP contribution in [-0.4, -0.2) is 51.8 Å². The van der Waals surface area contributed by atoms with Crippen LogP contribution in [0.4, 0.5) is 10.5 Å². The highest BCUT2D eigenvalue weighted by Gasteiger charge is 2.17. The van der Waals surface area contributed by atoms with Crippen molar-refractivity contribution in [1.82, 2.24) is 4.90 Å². The number of anilines is 1. The lowest BCUT2D eigenvalue weighted by Gasteiger charge is -2.18. The molecule has 0 aromatic heterocycles. The molecule has 0 radical (unpaired) electrons. The predicted octanol–water partition coefficient (Wildman–Crippen LogP) is 1.05. The van der Waals surface area contributed by atoms with Gasteiger partial charge in [-0.25, -0.2) is 4.79 Å². The van der Waals surface area contributed by atoms with Gasteiger partial charge in [0.05, 0.1) is 27.0 Å². The molecule has 0 saturated heterocycles. The Kier molecular flexibility index (Phi) is 6.97. The second-order valence-corrected chi connectivity index (χ2v) is 4.29. The van der Waals surface area contributed by atoms with Crippen molar-refractivity contribution < 1.29 is 23.8 Å². The van der Waals surface area contributed by atoms with Crippen LogP contribution in [0.5, 0.6) is 17.2 Å². The van der Waals surface area contributed by atoms with Gasteiger partial charge in [0.15, 0.2) is 11.5 Å². The Morgan fingerprint density at radius 2 is 1.82 bits per heavy atom. The van der Waals surface area contributed by atoms with Crippen LogP contribution in [-0.2, 0) is 4.79 Å². The van der Waals surface area contributed by atoms with Gasteiger partial charge in [0.2, 0.25) is 12.2 Å². The zero-order valence-electron chi connectivity index (χ0n) is 12.9. The Morgan fingerprint density at radius 3 is 2.23 bits per heavy atom. The number of amides is 3. The fraction of sp³-hybridized carbons (Fsp3) is 0.429. The van der Waals surface area contributed by atoms with Crippen molar-refractivity contribution in [1.29, 1.82) is 0 Å². The molecule has 0 heterocycles. The van der Waals surface area contributed by atoms with Crippen LogP contribution in [0.15, 0.2) is 12.1 Å². The number of rotatable bonds is 8. The van der Waals surface area contributed by atoms with Gasteiger partial charge in [0, 0.05) is 18.7 Å². The smallest absolute Gasteiger partial charge is 0.328 e. The third kappa shape index (κ3) is 4.26. The quantitative estimate of drug-likeness (QED) is 0.696. The van der Waals surface area contributed by atoms with Crippen molar-refractivity contribution in [3.8, 4) is 17.2 Å². The number of carbonyl (C=O) groups is 2.